The fourth-order valence-corrected chi connectivity index (χ4v) is 4.63. The first-order valence-corrected chi connectivity index (χ1v) is 11.5. The molecule has 0 bridgehead atoms. The Balaban J connectivity index is 1.40. The van der Waals surface area contributed by atoms with Crippen molar-refractivity contribution in [2.75, 3.05) is 13.1 Å². The summed E-state index contributed by atoms with van der Waals surface area (Å²) in [4.78, 5) is 19.7. The van der Waals surface area contributed by atoms with Crippen LogP contribution >= 0.6 is 11.6 Å². The summed E-state index contributed by atoms with van der Waals surface area (Å²) in [6.07, 6.45) is 6.41. The van der Waals surface area contributed by atoms with Gasteiger partial charge in [0, 0.05) is 31.0 Å². The van der Waals surface area contributed by atoms with Crippen molar-refractivity contribution in [2.45, 2.75) is 19.3 Å². The van der Waals surface area contributed by atoms with Crippen LogP contribution in [0.3, 0.4) is 0 Å². The van der Waals surface area contributed by atoms with E-state index in [9.17, 15) is 4.79 Å². The number of carbonyl (C=O) groups is 1. The van der Waals surface area contributed by atoms with Crippen LogP contribution in [0.2, 0.25) is 5.02 Å². The minimum absolute atomic E-state index is 0.106. The van der Waals surface area contributed by atoms with Gasteiger partial charge in [0.15, 0.2) is 5.69 Å². The summed E-state index contributed by atoms with van der Waals surface area (Å²) < 4.78 is 1.63. The molecular weight excluding hydrogens is 434 g/mol. The molecular formula is C26H24ClN5O. The van der Waals surface area contributed by atoms with E-state index in [0.29, 0.717) is 41.1 Å². The molecule has 0 atom stereocenters. The van der Waals surface area contributed by atoms with Crippen LogP contribution in [-0.4, -0.2) is 43.9 Å². The van der Waals surface area contributed by atoms with Crippen molar-refractivity contribution in [3.05, 3.63) is 95.4 Å². The van der Waals surface area contributed by atoms with Gasteiger partial charge >= 0.3 is 0 Å². The Bertz CT molecular complexity index is 1230. The highest BCUT2D eigenvalue weighted by Gasteiger charge is 2.29. The number of carbonyl (C=O) groups excluding carboxylic acids is 1. The third-order valence-corrected chi connectivity index (χ3v) is 6.48. The third kappa shape index (κ3) is 4.52. The summed E-state index contributed by atoms with van der Waals surface area (Å²) in [5.41, 5.74) is 3.72. The third-order valence-electron chi connectivity index (χ3n) is 6.16. The summed E-state index contributed by atoms with van der Waals surface area (Å²) in [6.45, 7) is 1.42. The second-order valence-corrected chi connectivity index (χ2v) is 8.72. The molecule has 1 fully saturated rings. The highest BCUT2D eigenvalue weighted by Crippen LogP contribution is 2.30. The van der Waals surface area contributed by atoms with Crippen LogP contribution in [0.5, 0.6) is 0 Å². The van der Waals surface area contributed by atoms with E-state index >= 15 is 0 Å². The number of amides is 1. The molecule has 0 spiro atoms. The van der Waals surface area contributed by atoms with Crippen molar-refractivity contribution >= 4 is 17.5 Å². The molecule has 4 aromatic rings. The van der Waals surface area contributed by atoms with Crippen molar-refractivity contribution in [3.63, 3.8) is 0 Å². The molecule has 7 heteroatoms. The van der Waals surface area contributed by atoms with Crippen molar-refractivity contribution < 1.29 is 4.79 Å². The van der Waals surface area contributed by atoms with Crippen LogP contribution < -0.4 is 0 Å². The Hall–Kier alpha value is -3.51. The molecule has 2 aromatic carbocycles. The molecule has 0 unspecified atom stereocenters. The summed E-state index contributed by atoms with van der Waals surface area (Å²) in [5, 5.41) is 9.16. The van der Waals surface area contributed by atoms with E-state index < -0.39 is 0 Å². The van der Waals surface area contributed by atoms with Gasteiger partial charge in [0.05, 0.1) is 10.7 Å². The summed E-state index contributed by atoms with van der Waals surface area (Å²) in [5.74, 6) is 0.471. The number of nitrogens with zero attached hydrogens (tertiary/aromatic N) is 5. The van der Waals surface area contributed by atoms with Crippen LogP contribution in [0.4, 0.5) is 0 Å². The van der Waals surface area contributed by atoms with Crippen molar-refractivity contribution in [3.8, 4) is 16.9 Å². The van der Waals surface area contributed by atoms with Crippen LogP contribution in [-0.2, 0) is 6.42 Å². The number of aromatic nitrogens is 4. The van der Waals surface area contributed by atoms with Gasteiger partial charge in [-0.2, -0.15) is 0 Å². The zero-order valence-electron chi connectivity index (χ0n) is 18.1. The van der Waals surface area contributed by atoms with Crippen LogP contribution in [0.25, 0.3) is 16.9 Å². The number of rotatable bonds is 5. The van der Waals surface area contributed by atoms with Gasteiger partial charge in [-0.25, -0.2) is 4.68 Å². The number of benzene rings is 2. The minimum Gasteiger partial charge on any atom is -0.337 e. The van der Waals surface area contributed by atoms with Crippen molar-refractivity contribution in [1.29, 1.82) is 0 Å². The Morgan fingerprint density at radius 3 is 2.45 bits per heavy atom. The first-order chi connectivity index (χ1) is 16.2. The first-order valence-electron chi connectivity index (χ1n) is 11.1. The van der Waals surface area contributed by atoms with Gasteiger partial charge in [-0.3, -0.25) is 9.78 Å². The molecule has 0 radical (unpaired) electrons. The maximum absolute atomic E-state index is 13.5. The molecule has 1 saturated heterocycles. The van der Waals surface area contributed by atoms with Gasteiger partial charge in [-0.1, -0.05) is 59.3 Å². The van der Waals surface area contributed by atoms with Crippen LogP contribution in [0.15, 0.2) is 79.1 Å². The normalized spacial score (nSPS) is 14.4. The Morgan fingerprint density at radius 2 is 1.73 bits per heavy atom. The standard InChI is InChI=1S/C26H24ClN5O/c27-22-10-4-5-11-23(22)32-25(21-9-6-14-28-18-21)24(29-30-32)26(33)31-15-12-20(13-16-31)17-19-7-2-1-3-8-19/h1-11,14,18,20H,12-13,15-17H2. The molecule has 0 N–H and O–H groups in total. The molecule has 1 aliphatic rings. The molecule has 166 valence electrons. The van der Waals surface area contributed by atoms with E-state index in [-0.39, 0.29) is 5.91 Å². The average Bonchev–Trinajstić information content (AvgIpc) is 3.30. The Morgan fingerprint density at radius 1 is 0.970 bits per heavy atom. The van der Waals surface area contributed by atoms with E-state index in [1.54, 1.807) is 23.1 Å². The number of likely N-dealkylation sites (tertiary alicyclic amines) is 1. The number of piperidine rings is 1. The molecule has 6 nitrogen and oxygen atoms in total. The molecule has 0 saturated carbocycles. The minimum atomic E-state index is -0.106. The lowest BCUT2D eigenvalue weighted by Crippen LogP contribution is -2.39. The molecule has 5 rings (SSSR count). The molecule has 3 heterocycles. The van der Waals surface area contributed by atoms with Gasteiger partial charge < -0.3 is 4.90 Å². The first kappa shape index (κ1) is 21.3. The largest absolute Gasteiger partial charge is 0.337 e. The van der Waals surface area contributed by atoms with E-state index in [4.69, 9.17) is 11.6 Å². The average molecular weight is 458 g/mol. The molecule has 0 aliphatic carbocycles. The zero-order valence-corrected chi connectivity index (χ0v) is 18.9. The lowest BCUT2D eigenvalue weighted by atomic mass is 9.90. The highest BCUT2D eigenvalue weighted by molar-refractivity contribution is 6.32. The lowest BCUT2D eigenvalue weighted by Gasteiger charge is -2.31. The van der Waals surface area contributed by atoms with Gasteiger partial charge in [-0.15, -0.1) is 5.10 Å². The summed E-state index contributed by atoms with van der Waals surface area (Å²) in [7, 11) is 0. The van der Waals surface area contributed by atoms with Gasteiger partial charge in [0.25, 0.3) is 5.91 Å². The quantitative estimate of drug-likeness (QED) is 0.419. The van der Waals surface area contributed by atoms with Crippen molar-refractivity contribution in [1.82, 2.24) is 24.9 Å². The number of para-hydroxylation sites is 1. The highest BCUT2D eigenvalue weighted by atomic mass is 35.5. The summed E-state index contributed by atoms with van der Waals surface area (Å²) >= 11 is 6.44. The monoisotopic (exact) mass is 457 g/mol. The van der Waals surface area contributed by atoms with Gasteiger partial charge in [0.1, 0.15) is 5.69 Å². The van der Waals surface area contributed by atoms with Crippen LogP contribution in [0, 0.1) is 5.92 Å². The maximum Gasteiger partial charge on any atom is 0.276 e. The fraction of sp³-hybridized carbons (Fsp3) is 0.231. The number of halogens is 1. The van der Waals surface area contributed by atoms with E-state index in [0.717, 1.165) is 24.8 Å². The Labute approximate surface area is 197 Å². The van der Waals surface area contributed by atoms with E-state index in [1.807, 2.05) is 41.3 Å². The second kappa shape index (κ2) is 9.55. The number of hydrogen-bond acceptors (Lipinski definition) is 4. The van der Waals surface area contributed by atoms with Crippen molar-refractivity contribution in [2.24, 2.45) is 5.92 Å². The smallest absolute Gasteiger partial charge is 0.276 e. The maximum atomic E-state index is 13.5. The fourth-order valence-electron chi connectivity index (χ4n) is 4.42. The lowest BCUT2D eigenvalue weighted by molar-refractivity contribution is 0.0685. The molecule has 33 heavy (non-hydrogen) atoms. The number of hydrogen-bond donors (Lipinski definition) is 0. The van der Waals surface area contributed by atoms with Gasteiger partial charge in [-0.05, 0) is 55.0 Å². The number of pyridine rings is 1. The second-order valence-electron chi connectivity index (χ2n) is 8.32. The topological polar surface area (TPSA) is 63.9 Å². The SMILES string of the molecule is O=C(c1nnn(-c2ccccc2Cl)c1-c1cccnc1)N1CCC(Cc2ccccc2)CC1. The van der Waals surface area contributed by atoms with Crippen LogP contribution in [0.1, 0.15) is 28.9 Å². The zero-order chi connectivity index (χ0) is 22.6. The predicted molar refractivity (Wildman–Crippen MR) is 128 cm³/mol. The predicted octanol–water partition coefficient (Wildman–Crippen LogP) is 5.08. The van der Waals surface area contributed by atoms with E-state index in [1.165, 1.54) is 5.56 Å². The van der Waals surface area contributed by atoms with Gasteiger partial charge in [0.2, 0.25) is 0 Å². The molecule has 1 amide bonds. The Kier molecular flexibility index (Phi) is 6.17. The molecule has 1 aliphatic heterocycles. The summed E-state index contributed by atoms with van der Waals surface area (Å²) in [6, 6.07) is 21.7. The molecule has 2 aromatic heterocycles. The van der Waals surface area contributed by atoms with E-state index in [2.05, 4.69) is 39.6 Å².